The molecular weight excluding hydrogens is 200 g/mol. The highest BCUT2D eigenvalue weighted by Crippen LogP contribution is 2.18. The van der Waals surface area contributed by atoms with Crippen molar-refractivity contribution in [3.8, 4) is 0 Å². The summed E-state index contributed by atoms with van der Waals surface area (Å²) in [6, 6.07) is 0. The fraction of sp³-hybridized carbons (Fsp3) is 0.615. The van der Waals surface area contributed by atoms with Crippen molar-refractivity contribution in [1.29, 1.82) is 0 Å². The molecule has 0 heterocycles. The lowest BCUT2D eigenvalue weighted by atomic mass is 10.0. The number of methoxy groups -OCH3 is 1. The first kappa shape index (κ1) is 13.3. The Morgan fingerprint density at radius 3 is 2.69 bits per heavy atom. The Balaban J connectivity index is 2.53. The summed E-state index contributed by atoms with van der Waals surface area (Å²) in [7, 11) is 8.05. The second-order valence-electron chi connectivity index (χ2n) is 4.44. The van der Waals surface area contributed by atoms with Crippen molar-refractivity contribution in [2.75, 3.05) is 47.9 Å². The summed E-state index contributed by atoms with van der Waals surface area (Å²) in [5.74, 6) is 0. The Labute approximate surface area is 99.4 Å². The van der Waals surface area contributed by atoms with Gasteiger partial charge >= 0.3 is 0 Å². The maximum Gasteiger partial charge on any atom is 0.0637 e. The maximum atomic E-state index is 5.09. The van der Waals surface area contributed by atoms with Crippen LogP contribution in [-0.2, 0) is 4.74 Å². The van der Waals surface area contributed by atoms with Crippen LogP contribution in [0.1, 0.15) is 6.42 Å². The van der Waals surface area contributed by atoms with Gasteiger partial charge in [-0.15, -0.1) is 0 Å². The minimum Gasteiger partial charge on any atom is -0.383 e. The molecule has 16 heavy (non-hydrogen) atoms. The summed E-state index contributed by atoms with van der Waals surface area (Å²) in [5, 5.41) is 0. The number of hydrogen-bond acceptors (Lipinski definition) is 3. The Morgan fingerprint density at radius 1 is 1.31 bits per heavy atom. The molecule has 0 saturated carbocycles. The van der Waals surface area contributed by atoms with Crippen molar-refractivity contribution >= 4 is 0 Å². The summed E-state index contributed by atoms with van der Waals surface area (Å²) < 4.78 is 5.09. The second-order valence-corrected chi connectivity index (χ2v) is 4.44. The molecule has 0 fully saturated rings. The number of nitrogens with zero attached hydrogens (tertiary/aromatic N) is 2. The average Bonchev–Trinajstić information content (AvgIpc) is 2.25. The summed E-state index contributed by atoms with van der Waals surface area (Å²) >= 11 is 0. The van der Waals surface area contributed by atoms with Crippen LogP contribution in [0.25, 0.3) is 0 Å². The van der Waals surface area contributed by atoms with Crippen molar-refractivity contribution in [1.82, 2.24) is 9.80 Å². The largest absolute Gasteiger partial charge is 0.383 e. The first-order chi connectivity index (χ1) is 7.63. The van der Waals surface area contributed by atoms with E-state index in [4.69, 9.17) is 4.74 Å². The molecule has 0 unspecified atom stereocenters. The predicted octanol–water partition coefficient (Wildman–Crippen LogP) is 1.54. The number of ether oxygens (including phenoxy) is 1. The number of likely N-dealkylation sites (N-methyl/N-ethyl adjacent to an activating group) is 2. The highest BCUT2D eigenvalue weighted by Gasteiger charge is 2.10. The molecule has 0 aromatic carbocycles. The molecular formula is C13H23N2O. The zero-order valence-corrected chi connectivity index (χ0v) is 10.9. The van der Waals surface area contributed by atoms with E-state index in [1.807, 2.05) is 0 Å². The highest BCUT2D eigenvalue weighted by molar-refractivity contribution is 5.33. The maximum absolute atomic E-state index is 5.09. The monoisotopic (exact) mass is 223 g/mol. The molecule has 0 aromatic rings. The van der Waals surface area contributed by atoms with Crippen molar-refractivity contribution in [2.45, 2.75) is 6.42 Å². The summed E-state index contributed by atoms with van der Waals surface area (Å²) in [4.78, 5) is 4.44. The summed E-state index contributed by atoms with van der Waals surface area (Å²) in [6.45, 7) is 2.72. The SMILES string of the molecule is COCCN(C)C1=CC(CN(C)C)=CC[CH]1. The van der Waals surface area contributed by atoms with Gasteiger partial charge in [0.1, 0.15) is 0 Å². The first-order valence-electron chi connectivity index (χ1n) is 5.72. The van der Waals surface area contributed by atoms with Gasteiger partial charge in [-0.05, 0) is 32.2 Å². The number of hydrogen-bond donors (Lipinski definition) is 0. The zero-order chi connectivity index (χ0) is 12.0. The third kappa shape index (κ3) is 4.37. The van der Waals surface area contributed by atoms with E-state index in [2.05, 4.69) is 49.5 Å². The fourth-order valence-electron chi connectivity index (χ4n) is 1.74. The quantitative estimate of drug-likeness (QED) is 0.679. The van der Waals surface area contributed by atoms with Crippen LogP contribution in [0.4, 0.5) is 0 Å². The Kier molecular flexibility index (Phi) is 5.56. The molecule has 91 valence electrons. The van der Waals surface area contributed by atoms with Gasteiger partial charge in [-0.25, -0.2) is 0 Å². The van der Waals surface area contributed by atoms with E-state index in [1.165, 1.54) is 11.3 Å². The molecule has 0 bridgehead atoms. The van der Waals surface area contributed by atoms with E-state index in [0.29, 0.717) is 0 Å². The van der Waals surface area contributed by atoms with Gasteiger partial charge in [-0.2, -0.15) is 0 Å². The lowest BCUT2D eigenvalue weighted by molar-refractivity contribution is 0.174. The molecule has 1 rings (SSSR count). The Hall–Kier alpha value is -0.800. The van der Waals surface area contributed by atoms with E-state index < -0.39 is 0 Å². The molecule has 0 aliphatic heterocycles. The van der Waals surface area contributed by atoms with E-state index in [1.54, 1.807) is 7.11 Å². The fourth-order valence-corrected chi connectivity index (χ4v) is 1.74. The minimum absolute atomic E-state index is 0.772. The molecule has 3 heteroatoms. The van der Waals surface area contributed by atoms with Crippen LogP contribution in [0.3, 0.4) is 0 Å². The zero-order valence-electron chi connectivity index (χ0n) is 10.9. The topological polar surface area (TPSA) is 15.7 Å². The van der Waals surface area contributed by atoms with E-state index >= 15 is 0 Å². The van der Waals surface area contributed by atoms with Crippen molar-refractivity contribution in [3.05, 3.63) is 29.8 Å². The van der Waals surface area contributed by atoms with Crippen LogP contribution in [-0.4, -0.2) is 57.7 Å². The van der Waals surface area contributed by atoms with Gasteiger partial charge in [0.25, 0.3) is 0 Å². The summed E-state index contributed by atoms with van der Waals surface area (Å²) in [6.07, 6.45) is 7.84. The van der Waals surface area contributed by atoms with Crippen molar-refractivity contribution in [2.24, 2.45) is 0 Å². The van der Waals surface area contributed by atoms with Crippen LogP contribution in [0.2, 0.25) is 0 Å². The van der Waals surface area contributed by atoms with Crippen LogP contribution in [0.5, 0.6) is 0 Å². The van der Waals surface area contributed by atoms with Crippen molar-refractivity contribution < 1.29 is 4.74 Å². The molecule has 3 nitrogen and oxygen atoms in total. The lowest BCUT2D eigenvalue weighted by Gasteiger charge is -2.25. The molecule has 1 aliphatic carbocycles. The van der Waals surface area contributed by atoms with E-state index in [-0.39, 0.29) is 0 Å². The summed E-state index contributed by atoms with van der Waals surface area (Å²) in [5.41, 5.74) is 2.70. The van der Waals surface area contributed by atoms with Gasteiger partial charge in [0.15, 0.2) is 0 Å². The Morgan fingerprint density at radius 2 is 2.06 bits per heavy atom. The minimum atomic E-state index is 0.772. The van der Waals surface area contributed by atoms with Crippen LogP contribution in [0.15, 0.2) is 23.4 Å². The molecule has 0 spiro atoms. The van der Waals surface area contributed by atoms with Gasteiger partial charge in [0.2, 0.25) is 0 Å². The third-order valence-corrected chi connectivity index (χ3v) is 2.61. The van der Waals surface area contributed by atoms with E-state index in [9.17, 15) is 0 Å². The van der Waals surface area contributed by atoms with Gasteiger partial charge in [-0.3, -0.25) is 0 Å². The van der Waals surface area contributed by atoms with Crippen LogP contribution < -0.4 is 0 Å². The predicted molar refractivity (Wildman–Crippen MR) is 68.1 cm³/mol. The lowest BCUT2D eigenvalue weighted by Crippen LogP contribution is -2.24. The second kappa shape index (κ2) is 6.71. The van der Waals surface area contributed by atoms with Gasteiger partial charge < -0.3 is 14.5 Å². The Bertz CT molecular complexity index is 269. The molecule has 0 aromatic heterocycles. The molecule has 0 amide bonds. The molecule has 1 aliphatic rings. The smallest absolute Gasteiger partial charge is 0.0637 e. The van der Waals surface area contributed by atoms with Gasteiger partial charge in [-0.1, -0.05) is 6.08 Å². The standard InChI is InChI=1S/C13H23N2O/c1-14(2)11-12-6-5-7-13(10-12)15(3)8-9-16-4/h6-7,10H,5,8-9,11H2,1-4H3. The van der Waals surface area contributed by atoms with Crippen molar-refractivity contribution in [3.63, 3.8) is 0 Å². The molecule has 0 saturated heterocycles. The molecule has 1 radical (unpaired) electrons. The molecule has 0 atom stereocenters. The number of rotatable bonds is 6. The van der Waals surface area contributed by atoms with Crippen LogP contribution >= 0.6 is 0 Å². The first-order valence-corrected chi connectivity index (χ1v) is 5.72. The van der Waals surface area contributed by atoms with Gasteiger partial charge in [0, 0.05) is 39.4 Å². The van der Waals surface area contributed by atoms with E-state index in [0.717, 1.165) is 26.1 Å². The number of allylic oxidation sites excluding steroid dienone is 2. The third-order valence-electron chi connectivity index (χ3n) is 2.61. The van der Waals surface area contributed by atoms with Gasteiger partial charge in [0.05, 0.1) is 6.61 Å². The molecule has 0 N–H and O–H groups in total. The highest BCUT2D eigenvalue weighted by atomic mass is 16.5. The average molecular weight is 223 g/mol. The normalized spacial score (nSPS) is 16.1. The van der Waals surface area contributed by atoms with Crippen LogP contribution in [0, 0.1) is 6.42 Å².